The molecule has 0 saturated heterocycles. The molecule has 184 valence electrons. The quantitative estimate of drug-likeness (QED) is 0.166. The van der Waals surface area contributed by atoms with Crippen molar-refractivity contribution >= 4 is 29.7 Å². The number of rotatable bonds is 14. The zero-order valence-electron chi connectivity index (χ0n) is 19.1. The number of hydrogen-bond acceptors (Lipinski definition) is 7. The van der Waals surface area contributed by atoms with Crippen molar-refractivity contribution in [3.8, 4) is 0 Å². The molecule has 0 saturated carbocycles. The fraction of sp³-hybridized carbons (Fsp3) is 0.750. The first-order valence-electron chi connectivity index (χ1n) is 10.4. The van der Waals surface area contributed by atoms with Crippen LogP contribution in [0.15, 0.2) is 0 Å². The van der Waals surface area contributed by atoms with Crippen molar-refractivity contribution < 1.29 is 39.3 Å². The number of carboxylic acids is 2. The highest BCUT2D eigenvalue weighted by molar-refractivity contribution is 5.95. The summed E-state index contributed by atoms with van der Waals surface area (Å²) >= 11 is 0. The molecule has 0 radical (unpaired) electrons. The number of nitrogens with two attached hydrogens (primary N) is 1. The maximum absolute atomic E-state index is 12.7. The number of carboxylic acid groups (broad SMARTS) is 2. The van der Waals surface area contributed by atoms with Gasteiger partial charge in [-0.1, -0.05) is 27.7 Å². The fourth-order valence-corrected chi connectivity index (χ4v) is 2.88. The van der Waals surface area contributed by atoms with Gasteiger partial charge in [0.25, 0.3) is 0 Å². The average molecular weight is 461 g/mol. The standard InChI is InChI=1S/C20H36N4O8/c1-9(2)6-13(18(29)23-14(20(31)32)7-10(3)4)22-19(30)16(11(5)25)24-17(28)12(21)8-15(26)27/h9-14,16,25H,6-8,21H2,1-5H3,(H,22,30)(H,23,29)(H,24,28)(H,26,27)(H,31,32). The third-order valence-electron chi connectivity index (χ3n) is 4.46. The molecular weight excluding hydrogens is 424 g/mol. The van der Waals surface area contributed by atoms with E-state index in [1.165, 1.54) is 6.92 Å². The van der Waals surface area contributed by atoms with Crippen molar-refractivity contribution in [2.45, 2.75) is 84.2 Å². The van der Waals surface area contributed by atoms with Gasteiger partial charge >= 0.3 is 11.9 Å². The van der Waals surface area contributed by atoms with Gasteiger partial charge in [-0.25, -0.2) is 4.79 Å². The normalized spacial score (nSPS) is 15.9. The van der Waals surface area contributed by atoms with Crippen molar-refractivity contribution in [2.75, 3.05) is 0 Å². The molecule has 0 aromatic heterocycles. The minimum absolute atomic E-state index is 0.000572. The molecule has 0 aromatic carbocycles. The Balaban J connectivity index is 5.44. The van der Waals surface area contributed by atoms with Gasteiger partial charge in [0, 0.05) is 0 Å². The Morgan fingerprint density at radius 1 is 0.750 bits per heavy atom. The van der Waals surface area contributed by atoms with Gasteiger partial charge < -0.3 is 37.0 Å². The van der Waals surface area contributed by atoms with Crippen LogP contribution in [0.3, 0.4) is 0 Å². The van der Waals surface area contributed by atoms with Crippen molar-refractivity contribution in [3.05, 3.63) is 0 Å². The third-order valence-corrected chi connectivity index (χ3v) is 4.46. The predicted octanol–water partition coefficient (Wildman–Crippen LogP) is -1.20. The van der Waals surface area contributed by atoms with Crippen LogP contribution in [0.2, 0.25) is 0 Å². The summed E-state index contributed by atoms with van der Waals surface area (Å²) in [6.07, 6.45) is -1.70. The van der Waals surface area contributed by atoms with E-state index in [9.17, 15) is 34.2 Å². The Morgan fingerprint density at radius 2 is 1.22 bits per heavy atom. The maximum Gasteiger partial charge on any atom is 0.326 e. The molecular formula is C20H36N4O8. The average Bonchev–Trinajstić information content (AvgIpc) is 2.62. The van der Waals surface area contributed by atoms with E-state index in [0.717, 1.165) is 0 Å². The first kappa shape index (κ1) is 29.3. The lowest BCUT2D eigenvalue weighted by atomic mass is 10.00. The van der Waals surface area contributed by atoms with Gasteiger partial charge in [-0.15, -0.1) is 0 Å². The lowest BCUT2D eigenvalue weighted by molar-refractivity contribution is -0.143. The number of aliphatic carboxylic acids is 2. The van der Waals surface area contributed by atoms with Crippen LogP contribution in [0.5, 0.6) is 0 Å². The topological polar surface area (TPSA) is 208 Å². The first-order valence-corrected chi connectivity index (χ1v) is 10.4. The van der Waals surface area contributed by atoms with E-state index in [0.29, 0.717) is 0 Å². The molecule has 0 spiro atoms. The number of hydrogen-bond donors (Lipinski definition) is 7. The Hall–Kier alpha value is -2.73. The van der Waals surface area contributed by atoms with E-state index in [4.69, 9.17) is 10.8 Å². The molecule has 3 amide bonds. The van der Waals surface area contributed by atoms with Crippen molar-refractivity contribution in [1.29, 1.82) is 0 Å². The van der Waals surface area contributed by atoms with Gasteiger partial charge in [-0.2, -0.15) is 0 Å². The Kier molecular flexibility index (Phi) is 12.5. The number of carbonyl (C=O) groups excluding carboxylic acids is 3. The molecule has 0 aliphatic heterocycles. The van der Waals surface area contributed by atoms with Crippen LogP contribution >= 0.6 is 0 Å². The summed E-state index contributed by atoms with van der Waals surface area (Å²) in [5.74, 6) is -5.13. The molecule has 0 aromatic rings. The SMILES string of the molecule is CC(C)CC(NC(=O)C(CC(C)C)NC(=O)C(NC(=O)C(N)CC(=O)O)C(C)O)C(=O)O. The summed E-state index contributed by atoms with van der Waals surface area (Å²) in [6, 6.07) is -5.21. The van der Waals surface area contributed by atoms with Crippen molar-refractivity contribution in [1.82, 2.24) is 16.0 Å². The molecule has 5 atom stereocenters. The van der Waals surface area contributed by atoms with E-state index in [2.05, 4.69) is 16.0 Å². The Morgan fingerprint density at radius 3 is 1.62 bits per heavy atom. The van der Waals surface area contributed by atoms with Gasteiger partial charge in [0.05, 0.1) is 18.6 Å². The number of nitrogens with one attached hydrogen (secondary N) is 3. The highest BCUT2D eigenvalue weighted by Gasteiger charge is 2.33. The summed E-state index contributed by atoms with van der Waals surface area (Å²) in [7, 11) is 0. The monoisotopic (exact) mass is 460 g/mol. The van der Waals surface area contributed by atoms with Crippen LogP contribution in [0.1, 0.15) is 53.9 Å². The molecule has 8 N–H and O–H groups in total. The molecule has 32 heavy (non-hydrogen) atoms. The van der Waals surface area contributed by atoms with E-state index >= 15 is 0 Å². The minimum Gasteiger partial charge on any atom is -0.481 e. The van der Waals surface area contributed by atoms with Gasteiger partial charge in [0.2, 0.25) is 17.7 Å². The second kappa shape index (κ2) is 13.6. The lowest BCUT2D eigenvalue weighted by Crippen LogP contribution is -2.60. The van der Waals surface area contributed by atoms with Crippen LogP contribution in [-0.4, -0.2) is 75.3 Å². The van der Waals surface area contributed by atoms with Crippen LogP contribution in [0, 0.1) is 11.8 Å². The molecule has 0 bridgehead atoms. The van der Waals surface area contributed by atoms with E-state index in [-0.39, 0.29) is 24.7 Å². The zero-order chi connectivity index (χ0) is 25.2. The Bertz CT molecular complexity index is 681. The molecule has 0 fully saturated rings. The minimum atomic E-state index is -1.50. The van der Waals surface area contributed by atoms with E-state index < -0.39 is 66.4 Å². The summed E-state index contributed by atoms with van der Waals surface area (Å²) in [4.78, 5) is 59.7. The highest BCUT2D eigenvalue weighted by atomic mass is 16.4. The van der Waals surface area contributed by atoms with Gasteiger partial charge in [-0.3, -0.25) is 19.2 Å². The third kappa shape index (κ3) is 11.0. The van der Waals surface area contributed by atoms with E-state index in [1.807, 2.05) is 0 Å². The first-order chi connectivity index (χ1) is 14.6. The van der Waals surface area contributed by atoms with Gasteiger partial charge in [-0.05, 0) is 31.6 Å². The van der Waals surface area contributed by atoms with Crippen LogP contribution < -0.4 is 21.7 Å². The van der Waals surface area contributed by atoms with Crippen LogP contribution in [0.25, 0.3) is 0 Å². The molecule has 0 rings (SSSR count). The smallest absolute Gasteiger partial charge is 0.326 e. The largest absolute Gasteiger partial charge is 0.481 e. The highest BCUT2D eigenvalue weighted by Crippen LogP contribution is 2.09. The van der Waals surface area contributed by atoms with Gasteiger partial charge in [0.15, 0.2) is 0 Å². The van der Waals surface area contributed by atoms with Crippen LogP contribution in [-0.2, 0) is 24.0 Å². The van der Waals surface area contributed by atoms with Crippen molar-refractivity contribution in [2.24, 2.45) is 17.6 Å². The number of aliphatic hydroxyl groups is 1. The van der Waals surface area contributed by atoms with E-state index in [1.54, 1.807) is 27.7 Å². The number of amides is 3. The Labute approximate surface area is 187 Å². The molecule has 12 nitrogen and oxygen atoms in total. The summed E-state index contributed by atoms with van der Waals surface area (Å²) < 4.78 is 0. The number of aliphatic hydroxyl groups excluding tert-OH is 1. The van der Waals surface area contributed by atoms with Crippen LogP contribution in [0.4, 0.5) is 0 Å². The van der Waals surface area contributed by atoms with Gasteiger partial charge in [0.1, 0.15) is 18.1 Å². The summed E-state index contributed by atoms with van der Waals surface area (Å²) in [5.41, 5.74) is 5.48. The molecule has 0 heterocycles. The predicted molar refractivity (Wildman–Crippen MR) is 114 cm³/mol. The summed E-state index contributed by atoms with van der Waals surface area (Å²) in [6.45, 7) is 8.44. The molecule has 12 heteroatoms. The molecule has 0 aliphatic rings. The maximum atomic E-state index is 12.7. The van der Waals surface area contributed by atoms with Crippen molar-refractivity contribution in [3.63, 3.8) is 0 Å². The second-order valence-corrected chi connectivity index (χ2v) is 8.65. The zero-order valence-corrected chi connectivity index (χ0v) is 19.1. The summed E-state index contributed by atoms with van der Waals surface area (Å²) in [5, 5.41) is 35.1. The second-order valence-electron chi connectivity index (χ2n) is 8.65. The fourth-order valence-electron chi connectivity index (χ4n) is 2.88. The lowest BCUT2D eigenvalue weighted by Gasteiger charge is -2.27. The molecule has 0 aliphatic carbocycles. The molecule has 5 unspecified atom stereocenters. The number of carbonyl (C=O) groups is 5.